The maximum atomic E-state index is 6.06. The first-order valence-corrected chi connectivity index (χ1v) is 6.93. The molecule has 102 valence electrons. The first-order chi connectivity index (χ1) is 9.77. The maximum absolute atomic E-state index is 6.06. The average Bonchev–Trinajstić information content (AvgIpc) is 2.46. The summed E-state index contributed by atoms with van der Waals surface area (Å²) < 4.78 is 0. The van der Waals surface area contributed by atoms with Gasteiger partial charge in [0.1, 0.15) is 0 Å². The minimum absolute atomic E-state index is 0.494. The van der Waals surface area contributed by atoms with Gasteiger partial charge in [0.25, 0.3) is 0 Å². The molecule has 2 rings (SSSR count). The van der Waals surface area contributed by atoms with Crippen LogP contribution in [0.5, 0.6) is 0 Å². The monoisotopic (exact) mass is 304 g/mol. The van der Waals surface area contributed by atoms with E-state index < -0.39 is 0 Å². The van der Waals surface area contributed by atoms with Crippen molar-refractivity contribution in [2.75, 3.05) is 0 Å². The summed E-state index contributed by atoms with van der Waals surface area (Å²) in [6.07, 6.45) is 5.54. The average molecular weight is 305 g/mol. The Bertz CT molecular complexity index is 587. The van der Waals surface area contributed by atoms with Gasteiger partial charge < -0.3 is 5.43 Å². The van der Waals surface area contributed by atoms with Crippen LogP contribution in [0.1, 0.15) is 11.1 Å². The molecule has 0 saturated carbocycles. The van der Waals surface area contributed by atoms with Crippen LogP contribution >= 0.6 is 23.2 Å². The van der Waals surface area contributed by atoms with Crippen molar-refractivity contribution in [2.45, 2.75) is 6.54 Å². The van der Waals surface area contributed by atoms with Crippen LogP contribution in [0.15, 0.2) is 59.7 Å². The minimum Gasteiger partial charge on any atom is -0.306 e. The van der Waals surface area contributed by atoms with Crippen molar-refractivity contribution >= 4 is 35.5 Å². The van der Waals surface area contributed by atoms with E-state index in [-0.39, 0.29) is 0 Å². The molecule has 2 aromatic carbocycles. The van der Waals surface area contributed by atoms with Crippen molar-refractivity contribution in [3.8, 4) is 0 Å². The largest absolute Gasteiger partial charge is 0.306 e. The molecule has 0 aliphatic carbocycles. The Kier molecular flexibility index (Phi) is 5.66. The summed E-state index contributed by atoms with van der Waals surface area (Å²) in [6, 6.07) is 15.5. The third-order valence-corrected chi connectivity index (χ3v) is 3.37. The Morgan fingerprint density at radius 3 is 2.35 bits per heavy atom. The van der Waals surface area contributed by atoms with Crippen LogP contribution in [0.25, 0.3) is 6.08 Å². The first-order valence-electron chi connectivity index (χ1n) is 6.18. The molecule has 0 radical (unpaired) electrons. The van der Waals surface area contributed by atoms with Crippen LogP contribution in [-0.4, -0.2) is 6.21 Å². The molecule has 0 fully saturated rings. The Morgan fingerprint density at radius 2 is 1.65 bits per heavy atom. The summed E-state index contributed by atoms with van der Waals surface area (Å²) in [7, 11) is 0. The smallest absolute Gasteiger partial charge is 0.0609 e. The second-order valence-corrected chi connectivity index (χ2v) is 4.90. The zero-order valence-corrected chi connectivity index (χ0v) is 12.3. The summed E-state index contributed by atoms with van der Waals surface area (Å²) in [5.74, 6) is 0. The van der Waals surface area contributed by atoms with Crippen LogP contribution in [0, 0.1) is 0 Å². The van der Waals surface area contributed by atoms with Crippen molar-refractivity contribution in [3.05, 3.63) is 75.8 Å². The Hall–Kier alpha value is -1.77. The lowest BCUT2D eigenvalue weighted by molar-refractivity contribution is 0.749. The molecule has 0 saturated heterocycles. The van der Waals surface area contributed by atoms with Gasteiger partial charge in [-0.05, 0) is 23.8 Å². The number of hydrazone groups is 1. The van der Waals surface area contributed by atoms with Crippen LogP contribution in [0.3, 0.4) is 0 Å². The van der Waals surface area contributed by atoms with Crippen molar-refractivity contribution < 1.29 is 0 Å². The molecule has 0 aliphatic heterocycles. The molecule has 0 heterocycles. The third-order valence-electron chi connectivity index (χ3n) is 2.66. The van der Waals surface area contributed by atoms with Gasteiger partial charge in [-0.15, -0.1) is 0 Å². The minimum atomic E-state index is 0.494. The molecule has 0 bridgehead atoms. The number of nitrogens with zero attached hydrogens (tertiary/aromatic N) is 1. The summed E-state index contributed by atoms with van der Waals surface area (Å²) >= 11 is 12.1. The van der Waals surface area contributed by atoms with E-state index in [1.807, 2.05) is 60.7 Å². The number of hydrogen-bond acceptors (Lipinski definition) is 2. The molecule has 1 N–H and O–H groups in total. The van der Waals surface area contributed by atoms with Crippen molar-refractivity contribution in [1.29, 1.82) is 0 Å². The molecular formula is C16H14Cl2N2. The maximum Gasteiger partial charge on any atom is 0.0609 e. The van der Waals surface area contributed by atoms with Crippen LogP contribution in [0.2, 0.25) is 10.0 Å². The molecular weight excluding hydrogens is 291 g/mol. The van der Waals surface area contributed by atoms with E-state index in [1.165, 1.54) is 0 Å². The van der Waals surface area contributed by atoms with Crippen LogP contribution < -0.4 is 5.43 Å². The van der Waals surface area contributed by atoms with Crippen molar-refractivity contribution in [2.24, 2.45) is 5.10 Å². The van der Waals surface area contributed by atoms with Gasteiger partial charge in [0, 0.05) is 21.8 Å². The highest BCUT2D eigenvalue weighted by Gasteiger charge is 2.03. The Balaban J connectivity index is 1.84. The normalized spacial score (nSPS) is 11.3. The highest BCUT2D eigenvalue weighted by atomic mass is 35.5. The summed E-state index contributed by atoms with van der Waals surface area (Å²) in [5, 5.41) is 5.36. The SMILES string of the molecule is Clc1cccc(Cl)c1CN/N=C/C=C/c1ccccc1. The van der Waals surface area contributed by atoms with Gasteiger partial charge in [0.2, 0.25) is 0 Å². The number of halogens is 2. The molecule has 2 aromatic rings. The molecule has 0 spiro atoms. The van der Waals surface area contributed by atoms with E-state index in [2.05, 4.69) is 10.5 Å². The Labute approximate surface area is 128 Å². The van der Waals surface area contributed by atoms with Crippen molar-refractivity contribution in [3.63, 3.8) is 0 Å². The topological polar surface area (TPSA) is 24.4 Å². The van der Waals surface area contributed by atoms with Gasteiger partial charge in [0.15, 0.2) is 0 Å². The second kappa shape index (κ2) is 7.73. The predicted molar refractivity (Wildman–Crippen MR) is 87.3 cm³/mol. The predicted octanol–water partition coefficient (Wildman–Crippen LogP) is 4.78. The molecule has 0 amide bonds. The van der Waals surface area contributed by atoms with E-state index >= 15 is 0 Å². The molecule has 0 aliphatic rings. The van der Waals surface area contributed by atoms with E-state index in [0.717, 1.165) is 11.1 Å². The zero-order chi connectivity index (χ0) is 14.2. The molecule has 0 atom stereocenters. The quantitative estimate of drug-likeness (QED) is 0.624. The fourth-order valence-electron chi connectivity index (χ4n) is 1.64. The van der Waals surface area contributed by atoms with Gasteiger partial charge in [-0.2, -0.15) is 5.10 Å². The molecule has 2 nitrogen and oxygen atoms in total. The van der Waals surface area contributed by atoms with Gasteiger partial charge in [-0.25, -0.2) is 0 Å². The highest BCUT2D eigenvalue weighted by Crippen LogP contribution is 2.23. The van der Waals surface area contributed by atoms with Crippen molar-refractivity contribution in [1.82, 2.24) is 5.43 Å². The fourth-order valence-corrected chi connectivity index (χ4v) is 2.17. The van der Waals surface area contributed by atoms with Gasteiger partial charge in [0.05, 0.1) is 6.54 Å². The molecule has 20 heavy (non-hydrogen) atoms. The number of benzene rings is 2. The number of allylic oxidation sites excluding steroid dienone is 1. The van der Waals surface area contributed by atoms with Gasteiger partial charge in [-0.3, -0.25) is 0 Å². The number of hydrogen-bond donors (Lipinski definition) is 1. The molecule has 0 unspecified atom stereocenters. The zero-order valence-electron chi connectivity index (χ0n) is 10.8. The van der Waals surface area contributed by atoms with E-state index in [0.29, 0.717) is 16.6 Å². The van der Waals surface area contributed by atoms with Crippen LogP contribution in [0.4, 0.5) is 0 Å². The second-order valence-electron chi connectivity index (χ2n) is 4.08. The third kappa shape index (κ3) is 4.41. The van der Waals surface area contributed by atoms with E-state index in [1.54, 1.807) is 6.21 Å². The lowest BCUT2D eigenvalue weighted by Crippen LogP contribution is -2.06. The Morgan fingerprint density at radius 1 is 0.950 bits per heavy atom. The molecule has 0 aromatic heterocycles. The first kappa shape index (κ1) is 14.6. The van der Waals surface area contributed by atoms with E-state index in [9.17, 15) is 0 Å². The highest BCUT2D eigenvalue weighted by molar-refractivity contribution is 6.35. The van der Waals surface area contributed by atoms with E-state index in [4.69, 9.17) is 23.2 Å². The van der Waals surface area contributed by atoms with Gasteiger partial charge in [-0.1, -0.05) is 65.7 Å². The lowest BCUT2D eigenvalue weighted by Gasteiger charge is -2.05. The summed E-state index contributed by atoms with van der Waals surface area (Å²) in [4.78, 5) is 0. The fraction of sp³-hybridized carbons (Fsp3) is 0.0625. The summed E-state index contributed by atoms with van der Waals surface area (Å²) in [5.41, 5.74) is 4.90. The van der Waals surface area contributed by atoms with Gasteiger partial charge >= 0.3 is 0 Å². The lowest BCUT2D eigenvalue weighted by atomic mass is 10.2. The number of rotatable bonds is 5. The standard InChI is InChI=1S/C16H14Cl2N2/c17-15-9-4-10-16(18)14(15)12-20-19-11-5-8-13-6-2-1-3-7-13/h1-11,20H,12H2/b8-5+,19-11+. The summed E-state index contributed by atoms with van der Waals surface area (Å²) in [6.45, 7) is 0.494. The molecule has 4 heteroatoms. The number of nitrogens with one attached hydrogen (secondary N) is 1. The van der Waals surface area contributed by atoms with Crippen LogP contribution in [-0.2, 0) is 6.54 Å².